The summed E-state index contributed by atoms with van der Waals surface area (Å²) in [6.45, 7) is 3.33. The number of carbonyl (C=O) groups excluding carboxylic acids is 2. The summed E-state index contributed by atoms with van der Waals surface area (Å²) in [6.07, 6.45) is 5.14. The number of nitrogens with one attached hydrogen (secondary N) is 1. The van der Waals surface area contributed by atoms with E-state index in [0.717, 1.165) is 31.5 Å². The number of urea groups is 1. The number of likely N-dealkylation sites (tertiary alicyclic amines) is 2. The Balaban J connectivity index is 1.33. The summed E-state index contributed by atoms with van der Waals surface area (Å²) >= 11 is 12.4. The second-order valence-corrected chi connectivity index (χ2v) is 8.60. The highest BCUT2D eigenvalue weighted by atomic mass is 35.5. The van der Waals surface area contributed by atoms with Gasteiger partial charge in [-0.15, -0.1) is 0 Å². The van der Waals surface area contributed by atoms with Crippen molar-refractivity contribution in [3.8, 4) is 0 Å². The van der Waals surface area contributed by atoms with Gasteiger partial charge in [0.25, 0.3) is 0 Å². The standard InChI is InChI=1S/C21H25Cl2N5O2/c22-17-5-3-4-16(19(17)23)14-28-18(6-9-24-28)25-20(29)15-7-12-27(13-8-15)21(30)26-10-1-2-11-26/h3-6,9,15H,1-2,7-8,10-14H2,(H,25,29). The van der Waals surface area contributed by atoms with E-state index in [9.17, 15) is 9.59 Å². The van der Waals surface area contributed by atoms with Crippen molar-refractivity contribution < 1.29 is 9.59 Å². The zero-order valence-electron chi connectivity index (χ0n) is 16.7. The van der Waals surface area contributed by atoms with Crippen molar-refractivity contribution in [2.45, 2.75) is 32.2 Å². The number of anilines is 1. The summed E-state index contributed by atoms with van der Waals surface area (Å²) in [6, 6.07) is 7.34. The predicted octanol–water partition coefficient (Wildman–Crippen LogP) is 4.10. The van der Waals surface area contributed by atoms with Crippen LogP contribution in [0.3, 0.4) is 0 Å². The van der Waals surface area contributed by atoms with Crippen LogP contribution in [0.15, 0.2) is 30.5 Å². The van der Waals surface area contributed by atoms with Gasteiger partial charge < -0.3 is 15.1 Å². The van der Waals surface area contributed by atoms with E-state index in [0.29, 0.717) is 48.3 Å². The molecule has 30 heavy (non-hydrogen) atoms. The Kier molecular flexibility index (Phi) is 6.49. The lowest BCUT2D eigenvalue weighted by Crippen LogP contribution is -2.47. The van der Waals surface area contributed by atoms with Crippen LogP contribution in [0.2, 0.25) is 10.0 Å². The van der Waals surface area contributed by atoms with Crippen molar-refractivity contribution in [1.82, 2.24) is 19.6 Å². The average Bonchev–Trinajstić information content (AvgIpc) is 3.44. The minimum absolute atomic E-state index is 0.0396. The molecule has 2 aromatic rings. The molecule has 0 bridgehead atoms. The van der Waals surface area contributed by atoms with Crippen LogP contribution in [0.4, 0.5) is 10.6 Å². The van der Waals surface area contributed by atoms with Crippen LogP contribution in [-0.4, -0.2) is 57.7 Å². The molecule has 0 unspecified atom stereocenters. The molecule has 0 spiro atoms. The summed E-state index contributed by atoms with van der Waals surface area (Å²) in [5.41, 5.74) is 0.831. The van der Waals surface area contributed by atoms with Crippen molar-refractivity contribution in [2.24, 2.45) is 5.92 Å². The third kappa shape index (κ3) is 4.57. The molecule has 2 aliphatic heterocycles. The van der Waals surface area contributed by atoms with Crippen LogP contribution in [0.25, 0.3) is 0 Å². The number of carbonyl (C=O) groups is 2. The van der Waals surface area contributed by atoms with Gasteiger partial charge in [0, 0.05) is 38.2 Å². The minimum atomic E-state index is -0.120. The summed E-state index contributed by atoms with van der Waals surface area (Å²) in [4.78, 5) is 29.1. The highest BCUT2D eigenvalue weighted by Gasteiger charge is 2.30. The quantitative estimate of drug-likeness (QED) is 0.763. The largest absolute Gasteiger partial charge is 0.325 e. The maximum absolute atomic E-state index is 12.8. The first-order valence-electron chi connectivity index (χ1n) is 10.3. The van der Waals surface area contributed by atoms with E-state index in [1.54, 1.807) is 23.0 Å². The van der Waals surface area contributed by atoms with E-state index in [1.807, 2.05) is 21.9 Å². The highest BCUT2D eigenvalue weighted by Crippen LogP contribution is 2.27. The fourth-order valence-corrected chi connectivity index (χ4v) is 4.45. The van der Waals surface area contributed by atoms with Gasteiger partial charge in [0.1, 0.15) is 5.82 Å². The zero-order valence-corrected chi connectivity index (χ0v) is 18.2. The van der Waals surface area contributed by atoms with E-state index < -0.39 is 0 Å². The summed E-state index contributed by atoms with van der Waals surface area (Å²) in [7, 11) is 0. The Morgan fingerprint density at radius 3 is 2.47 bits per heavy atom. The molecule has 160 valence electrons. The van der Waals surface area contributed by atoms with Crippen LogP contribution in [0, 0.1) is 5.92 Å². The van der Waals surface area contributed by atoms with Crippen molar-refractivity contribution in [3.05, 3.63) is 46.1 Å². The van der Waals surface area contributed by atoms with Gasteiger partial charge in [-0.25, -0.2) is 9.48 Å². The molecule has 7 nitrogen and oxygen atoms in total. The Labute approximate surface area is 185 Å². The number of halogens is 2. The fourth-order valence-electron chi connectivity index (χ4n) is 4.07. The molecule has 1 aromatic carbocycles. The number of hydrogen-bond donors (Lipinski definition) is 1. The van der Waals surface area contributed by atoms with Gasteiger partial charge in [0.15, 0.2) is 0 Å². The first-order chi connectivity index (χ1) is 14.5. The zero-order chi connectivity index (χ0) is 21.1. The van der Waals surface area contributed by atoms with Crippen LogP contribution >= 0.6 is 23.2 Å². The number of piperidine rings is 1. The van der Waals surface area contributed by atoms with Gasteiger partial charge >= 0.3 is 6.03 Å². The second kappa shape index (κ2) is 9.27. The number of rotatable bonds is 4. The SMILES string of the molecule is O=C(Nc1ccnn1Cc1cccc(Cl)c1Cl)C1CCN(C(=O)N2CCCC2)CC1. The van der Waals surface area contributed by atoms with Crippen LogP contribution in [-0.2, 0) is 11.3 Å². The normalized spacial score (nSPS) is 17.4. The van der Waals surface area contributed by atoms with E-state index >= 15 is 0 Å². The summed E-state index contributed by atoms with van der Waals surface area (Å²) in [5.74, 6) is 0.458. The Morgan fingerprint density at radius 1 is 1.03 bits per heavy atom. The first-order valence-corrected chi connectivity index (χ1v) is 11.1. The fraction of sp³-hybridized carbons (Fsp3) is 0.476. The van der Waals surface area contributed by atoms with Crippen LogP contribution < -0.4 is 5.32 Å². The van der Waals surface area contributed by atoms with Crippen LogP contribution in [0.1, 0.15) is 31.2 Å². The van der Waals surface area contributed by atoms with E-state index in [-0.39, 0.29) is 17.9 Å². The molecule has 0 atom stereocenters. The molecule has 0 saturated carbocycles. The lowest BCUT2D eigenvalue weighted by atomic mass is 9.96. The number of nitrogens with zero attached hydrogens (tertiary/aromatic N) is 4. The van der Waals surface area contributed by atoms with Crippen molar-refractivity contribution >= 4 is 41.0 Å². The third-order valence-electron chi connectivity index (χ3n) is 5.83. The second-order valence-electron chi connectivity index (χ2n) is 7.81. The Morgan fingerprint density at radius 2 is 1.73 bits per heavy atom. The highest BCUT2D eigenvalue weighted by molar-refractivity contribution is 6.42. The molecular formula is C21H25Cl2N5O2. The summed E-state index contributed by atoms with van der Waals surface area (Å²) < 4.78 is 1.70. The molecule has 2 saturated heterocycles. The molecular weight excluding hydrogens is 425 g/mol. The third-order valence-corrected chi connectivity index (χ3v) is 6.69. The van der Waals surface area contributed by atoms with Gasteiger partial charge in [-0.05, 0) is 37.3 Å². The van der Waals surface area contributed by atoms with Crippen molar-refractivity contribution in [3.63, 3.8) is 0 Å². The molecule has 3 amide bonds. The van der Waals surface area contributed by atoms with E-state index in [4.69, 9.17) is 23.2 Å². The molecule has 4 rings (SSSR count). The minimum Gasteiger partial charge on any atom is -0.325 e. The Bertz CT molecular complexity index is 918. The molecule has 2 aliphatic rings. The number of hydrogen-bond acceptors (Lipinski definition) is 3. The molecule has 0 aliphatic carbocycles. The van der Waals surface area contributed by atoms with Gasteiger partial charge in [0.2, 0.25) is 5.91 Å². The van der Waals surface area contributed by atoms with Gasteiger partial charge in [0.05, 0.1) is 22.8 Å². The van der Waals surface area contributed by atoms with Gasteiger partial charge in [-0.2, -0.15) is 5.10 Å². The average molecular weight is 450 g/mol. The maximum atomic E-state index is 12.8. The smallest absolute Gasteiger partial charge is 0.319 e. The number of amides is 3. The molecule has 1 N–H and O–H groups in total. The maximum Gasteiger partial charge on any atom is 0.319 e. The van der Waals surface area contributed by atoms with Crippen molar-refractivity contribution in [2.75, 3.05) is 31.5 Å². The molecule has 2 fully saturated rings. The van der Waals surface area contributed by atoms with Crippen molar-refractivity contribution in [1.29, 1.82) is 0 Å². The topological polar surface area (TPSA) is 70.5 Å². The molecule has 1 aromatic heterocycles. The van der Waals surface area contributed by atoms with E-state index in [2.05, 4.69) is 10.4 Å². The molecule has 3 heterocycles. The monoisotopic (exact) mass is 449 g/mol. The van der Waals surface area contributed by atoms with Gasteiger partial charge in [-0.3, -0.25) is 4.79 Å². The van der Waals surface area contributed by atoms with Gasteiger partial charge in [-0.1, -0.05) is 35.3 Å². The van der Waals surface area contributed by atoms with E-state index in [1.165, 1.54) is 0 Å². The molecule has 9 heteroatoms. The summed E-state index contributed by atoms with van der Waals surface area (Å²) in [5, 5.41) is 8.26. The number of benzene rings is 1. The lowest BCUT2D eigenvalue weighted by molar-refractivity contribution is -0.121. The predicted molar refractivity (Wildman–Crippen MR) is 117 cm³/mol. The Hall–Kier alpha value is -2.25. The lowest BCUT2D eigenvalue weighted by Gasteiger charge is -2.34. The molecule has 0 radical (unpaired) electrons. The van der Waals surface area contributed by atoms with Crippen LogP contribution in [0.5, 0.6) is 0 Å². The number of aromatic nitrogens is 2. The first kappa shape index (κ1) is 21.0.